The van der Waals surface area contributed by atoms with E-state index in [0.717, 1.165) is 68.8 Å². The molecule has 5 heteroatoms. The number of nitrogens with one attached hydrogen (secondary N) is 1. The molecule has 2 aliphatic rings. The Balaban J connectivity index is 1.70. The number of piperidine rings is 2. The molecule has 0 radical (unpaired) electrons. The van der Waals surface area contributed by atoms with E-state index >= 15 is 0 Å². The Hall–Kier alpha value is -2.04. The number of carbonyl (C=O) groups is 2. The third-order valence-electron chi connectivity index (χ3n) is 6.79. The molecule has 0 saturated carbocycles. The van der Waals surface area contributed by atoms with Gasteiger partial charge < -0.3 is 15.1 Å². The van der Waals surface area contributed by atoms with Crippen LogP contribution in [0.15, 0.2) is 18.2 Å². The molecule has 0 atom stereocenters. The number of hydrogen-bond donors (Lipinski definition) is 1. The van der Waals surface area contributed by atoms with Gasteiger partial charge in [-0.05, 0) is 62.6 Å². The monoisotopic (exact) mass is 427 g/mol. The number of anilines is 2. The summed E-state index contributed by atoms with van der Waals surface area (Å²) in [5, 5.41) is 3.04. The molecule has 0 aliphatic carbocycles. The molecule has 2 fully saturated rings. The van der Waals surface area contributed by atoms with Crippen LogP contribution < -0.4 is 10.2 Å². The molecule has 2 amide bonds. The van der Waals surface area contributed by atoms with Crippen molar-refractivity contribution < 1.29 is 9.59 Å². The highest BCUT2D eigenvalue weighted by Gasteiger charge is 2.26. The second-order valence-corrected chi connectivity index (χ2v) is 9.47. The summed E-state index contributed by atoms with van der Waals surface area (Å²) in [5.41, 5.74) is 2.52. The van der Waals surface area contributed by atoms with E-state index in [1.807, 2.05) is 23.1 Å². The zero-order valence-electron chi connectivity index (χ0n) is 19.6. The van der Waals surface area contributed by atoms with Gasteiger partial charge in [-0.25, -0.2) is 0 Å². The number of unbranched alkanes of at least 4 members (excludes halogenated alkanes) is 4. The quantitative estimate of drug-likeness (QED) is 0.503. The number of nitrogens with zero attached hydrogens (tertiary/aromatic N) is 2. The van der Waals surface area contributed by atoms with Gasteiger partial charge >= 0.3 is 0 Å². The number of amides is 2. The van der Waals surface area contributed by atoms with Crippen molar-refractivity contribution in [3.05, 3.63) is 23.8 Å². The summed E-state index contributed by atoms with van der Waals surface area (Å²) < 4.78 is 0. The van der Waals surface area contributed by atoms with Gasteiger partial charge in [-0.1, -0.05) is 39.5 Å². The number of carbonyl (C=O) groups excluding carboxylic acids is 2. The molecule has 0 aromatic heterocycles. The van der Waals surface area contributed by atoms with E-state index in [9.17, 15) is 9.59 Å². The third kappa shape index (κ3) is 6.98. The first kappa shape index (κ1) is 23.6. The van der Waals surface area contributed by atoms with Crippen LogP contribution in [0.2, 0.25) is 0 Å². The lowest BCUT2D eigenvalue weighted by molar-refractivity contribution is -0.116. The predicted octanol–water partition coefficient (Wildman–Crippen LogP) is 5.85. The molecule has 1 aromatic rings. The molecular weight excluding hydrogens is 386 g/mol. The Morgan fingerprint density at radius 1 is 0.968 bits per heavy atom. The van der Waals surface area contributed by atoms with Crippen LogP contribution in [-0.2, 0) is 4.79 Å². The van der Waals surface area contributed by atoms with Gasteiger partial charge in [0.25, 0.3) is 5.91 Å². The van der Waals surface area contributed by atoms with Crippen LogP contribution in [0.5, 0.6) is 0 Å². The lowest BCUT2D eigenvalue weighted by Gasteiger charge is -2.34. The first-order valence-corrected chi connectivity index (χ1v) is 12.6. The first-order valence-electron chi connectivity index (χ1n) is 12.6. The lowest BCUT2D eigenvalue weighted by Crippen LogP contribution is -2.39. The SMILES string of the molecule is CCCCCCCC(=O)Nc1ccc(N2CCCCC2)c(C(=O)N2CCC(C)CC2)c1. The van der Waals surface area contributed by atoms with Gasteiger partial charge in [0.2, 0.25) is 5.91 Å². The van der Waals surface area contributed by atoms with Gasteiger partial charge in [0.15, 0.2) is 0 Å². The lowest BCUT2D eigenvalue weighted by atomic mass is 9.98. The van der Waals surface area contributed by atoms with Crippen LogP contribution in [0.4, 0.5) is 11.4 Å². The van der Waals surface area contributed by atoms with Crippen LogP contribution in [0.3, 0.4) is 0 Å². The fraction of sp³-hybridized carbons (Fsp3) is 0.692. The van der Waals surface area contributed by atoms with E-state index in [0.29, 0.717) is 12.3 Å². The van der Waals surface area contributed by atoms with E-state index in [-0.39, 0.29) is 11.8 Å². The molecule has 5 nitrogen and oxygen atoms in total. The van der Waals surface area contributed by atoms with Gasteiger partial charge in [-0.3, -0.25) is 9.59 Å². The maximum Gasteiger partial charge on any atom is 0.256 e. The van der Waals surface area contributed by atoms with Crippen molar-refractivity contribution in [1.82, 2.24) is 4.90 Å². The van der Waals surface area contributed by atoms with Gasteiger partial charge in [0.05, 0.1) is 5.56 Å². The normalized spacial score (nSPS) is 17.6. The maximum atomic E-state index is 13.5. The van der Waals surface area contributed by atoms with Crippen molar-refractivity contribution in [3.8, 4) is 0 Å². The summed E-state index contributed by atoms with van der Waals surface area (Å²) in [5.74, 6) is 0.851. The fourth-order valence-electron chi connectivity index (χ4n) is 4.69. The Labute approximate surface area is 188 Å². The van der Waals surface area contributed by atoms with Crippen LogP contribution in [0.1, 0.15) is 94.8 Å². The summed E-state index contributed by atoms with van der Waals surface area (Å²) in [6.07, 6.45) is 12.0. The molecule has 1 N–H and O–H groups in total. The van der Waals surface area contributed by atoms with E-state index in [2.05, 4.69) is 24.1 Å². The molecule has 31 heavy (non-hydrogen) atoms. The van der Waals surface area contributed by atoms with Gasteiger partial charge in [0.1, 0.15) is 0 Å². The minimum absolute atomic E-state index is 0.0485. The second-order valence-electron chi connectivity index (χ2n) is 9.47. The van der Waals surface area contributed by atoms with Crippen LogP contribution >= 0.6 is 0 Å². The van der Waals surface area contributed by atoms with Gasteiger partial charge in [0, 0.05) is 44.0 Å². The van der Waals surface area contributed by atoms with E-state index in [4.69, 9.17) is 0 Å². The molecule has 2 heterocycles. The Bertz CT molecular complexity index is 719. The maximum absolute atomic E-state index is 13.5. The molecule has 1 aromatic carbocycles. The van der Waals surface area contributed by atoms with Crippen molar-refractivity contribution in [3.63, 3.8) is 0 Å². The van der Waals surface area contributed by atoms with Crippen molar-refractivity contribution in [1.29, 1.82) is 0 Å². The van der Waals surface area contributed by atoms with Crippen molar-refractivity contribution >= 4 is 23.2 Å². The minimum Gasteiger partial charge on any atom is -0.371 e. The number of hydrogen-bond acceptors (Lipinski definition) is 3. The largest absolute Gasteiger partial charge is 0.371 e. The molecule has 172 valence electrons. The Morgan fingerprint density at radius 3 is 2.39 bits per heavy atom. The zero-order valence-corrected chi connectivity index (χ0v) is 19.6. The summed E-state index contributed by atoms with van der Waals surface area (Å²) in [7, 11) is 0. The van der Waals surface area contributed by atoms with Crippen molar-refractivity contribution in [2.24, 2.45) is 5.92 Å². The molecule has 2 saturated heterocycles. The molecule has 3 rings (SSSR count). The van der Waals surface area contributed by atoms with Gasteiger partial charge in [-0.15, -0.1) is 0 Å². The Morgan fingerprint density at radius 2 is 1.68 bits per heavy atom. The average Bonchev–Trinajstić information content (AvgIpc) is 2.79. The number of benzene rings is 1. The fourth-order valence-corrected chi connectivity index (χ4v) is 4.69. The van der Waals surface area contributed by atoms with Crippen LogP contribution in [0.25, 0.3) is 0 Å². The standard InChI is InChI=1S/C26H41N3O2/c1-3-4-5-6-8-11-25(30)27-22-12-13-24(28-16-9-7-10-17-28)23(20-22)26(31)29-18-14-21(2)15-19-29/h12-13,20-21H,3-11,14-19H2,1-2H3,(H,27,30). The van der Waals surface area contributed by atoms with Crippen LogP contribution in [-0.4, -0.2) is 42.9 Å². The third-order valence-corrected chi connectivity index (χ3v) is 6.79. The molecule has 0 unspecified atom stereocenters. The number of likely N-dealkylation sites (tertiary alicyclic amines) is 1. The average molecular weight is 428 g/mol. The van der Waals surface area contributed by atoms with Gasteiger partial charge in [-0.2, -0.15) is 0 Å². The van der Waals surface area contributed by atoms with Crippen LogP contribution in [0, 0.1) is 5.92 Å². The minimum atomic E-state index is 0.0485. The summed E-state index contributed by atoms with van der Waals surface area (Å²) in [4.78, 5) is 30.3. The van der Waals surface area contributed by atoms with Crippen molar-refractivity contribution in [2.45, 2.75) is 84.5 Å². The first-order chi connectivity index (χ1) is 15.1. The second kappa shape index (κ2) is 12.1. The summed E-state index contributed by atoms with van der Waals surface area (Å²) in [6, 6.07) is 5.93. The number of rotatable bonds is 9. The topological polar surface area (TPSA) is 52.7 Å². The zero-order chi connectivity index (χ0) is 22.1. The smallest absolute Gasteiger partial charge is 0.256 e. The van der Waals surface area contributed by atoms with E-state index in [1.54, 1.807) is 0 Å². The molecule has 2 aliphatic heterocycles. The predicted molar refractivity (Wildman–Crippen MR) is 129 cm³/mol. The van der Waals surface area contributed by atoms with Crippen molar-refractivity contribution in [2.75, 3.05) is 36.4 Å². The highest BCUT2D eigenvalue weighted by molar-refractivity contribution is 6.02. The highest BCUT2D eigenvalue weighted by atomic mass is 16.2. The van der Waals surface area contributed by atoms with E-state index in [1.165, 1.54) is 38.5 Å². The summed E-state index contributed by atoms with van der Waals surface area (Å²) >= 11 is 0. The highest BCUT2D eigenvalue weighted by Crippen LogP contribution is 2.30. The molecule has 0 bridgehead atoms. The summed E-state index contributed by atoms with van der Waals surface area (Å²) in [6.45, 7) is 8.12. The molecular formula is C26H41N3O2. The molecule has 0 spiro atoms. The Kier molecular flexibility index (Phi) is 9.23. The van der Waals surface area contributed by atoms with E-state index < -0.39 is 0 Å².